The van der Waals surface area contributed by atoms with Crippen LogP contribution in [-0.4, -0.2) is 16.8 Å². The van der Waals surface area contributed by atoms with Crippen LogP contribution in [0, 0.1) is 11.6 Å². The molecule has 1 unspecified atom stereocenters. The maximum Gasteiger partial charge on any atom is 0.264 e. The quantitative estimate of drug-likeness (QED) is 0.604. The van der Waals surface area contributed by atoms with Crippen molar-refractivity contribution in [3.63, 3.8) is 0 Å². The molecule has 1 atom stereocenters. The average Bonchev–Trinajstić information content (AvgIpc) is 2.93. The molecule has 0 saturated carbocycles. The van der Waals surface area contributed by atoms with Crippen LogP contribution in [0.1, 0.15) is 27.9 Å². The Morgan fingerprint density at radius 3 is 2.40 bits per heavy atom. The van der Waals surface area contributed by atoms with E-state index in [9.17, 15) is 23.5 Å². The molecule has 3 aromatic carbocycles. The highest BCUT2D eigenvalue weighted by molar-refractivity contribution is 6.31. The Morgan fingerprint density at radius 1 is 1.00 bits per heavy atom. The molecule has 0 aliphatic carbocycles. The number of Topliss-reactive ketones (excluding diaryl/α,β-unsaturated/α-hetero) is 1. The molecule has 1 amide bonds. The number of para-hydroxylation sites is 1. The number of benzene rings is 3. The number of aliphatic hydroxyl groups is 1. The molecule has 1 heterocycles. The molecule has 4 rings (SSSR count). The molecular formula is C23H16ClF2NO3. The van der Waals surface area contributed by atoms with E-state index in [1.54, 1.807) is 24.3 Å². The van der Waals surface area contributed by atoms with E-state index >= 15 is 0 Å². The van der Waals surface area contributed by atoms with Crippen LogP contribution >= 0.6 is 11.6 Å². The van der Waals surface area contributed by atoms with Gasteiger partial charge in [-0.05, 0) is 42.5 Å². The molecule has 1 aliphatic heterocycles. The van der Waals surface area contributed by atoms with Crippen molar-refractivity contribution < 1.29 is 23.5 Å². The summed E-state index contributed by atoms with van der Waals surface area (Å²) < 4.78 is 27.4. The second kappa shape index (κ2) is 7.63. The van der Waals surface area contributed by atoms with Crippen molar-refractivity contribution in [1.29, 1.82) is 0 Å². The zero-order valence-corrected chi connectivity index (χ0v) is 16.4. The van der Waals surface area contributed by atoms with Crippen molar-refractivity contribution in [3.05, 3.63) is 100 Å². The summed E-state index contributed by atoms with van der Waals surface area (Å²) in [5, 5.41) is 11.4. The maximum absolute atomic E-state index is 14.3. The fraction of sp³-hybridized carbons (Fsp3) is 0.130. The summed E-state index contributed by atoms with van der Waals surface area (Å²) in [6.07, 6.45) is -0.532. The fourth-order valence-corrected chi connectivity index (χ4v) is 3.87. The highest BCUT2D eigenvalue weighted by Crippen LogP contribution is 2.44. The van der Waals surface area contributed by atoms with Gasteiger partial charge in [0.2, 0.25) is 0 Å². The van der Waals surface area contributed by atoms with E-state index in [1.807, 2.05) is 0 Å². The Morgan fingerprint density at radius 2 is 1.70 bits per heavy atom. The number of nitrogens with zero attached hydrogens (tertiary/aromatic N) is 1. The first-order valence-corrected chi connectivity index (χ1v) is 9.54. The van der Waals surface area contributed by atoms with Crippen molar-refractivity contribution in [3.8, 4) is 0 Å². The molecule has 4 nitrogen and oxygen atoms in total. The first kappa shape index (κ1) is 20.2. The van der Waals surface area contributed by atoms with Gasteiger partial charge in [0.1, 0.15) is 11.6 Å². The summed E-state index contributed by atoms with van der Waals surface area (Å²) in [6.45, 7) is -0.200. The Balaban J connectivity index is 1.70. The topological polar surface area (TPSA) is 57.6 Å². The van der Waals surface area contributed by atoms with Gasteiger partial charge in [-0.25, -0.2) is 8.78 Å². The largest absolute Gasteiger partial charge is 0.375 e. The van der Waals surface area contributed by atoms with E-state index in [2.05, 4.69) is 0 Å². The van der Waals surface area contributed by atoms with Gasteiger partial charge in [0.25, 0.3) is 5.91 Å². The standard InChI is InChI=1S/C23H16ClF2NO3/c24-18-5-3-6-19(26)16(18)13-27-20-7-2-1-4-17(20)23(30,22(27)29)12-21(28)14-8-10-15(25)11-9-14/h1-11,30H,12-13H2. The van der Waals surface area contributed by atoms with Crippen LogP contribution < -0.4 is 4.90 Å². The van der Waals surface area contributed by atoms with E-state index in [4.69, 9.17) is 11.6 Å². The van der Waals surface area contributed by atoms with E-state index in [1.165, 1.54) is 35.2 Å². The number of ketones is 1. The predicted octanol–water partition coefficient (Wildman–Crippen LogP) is 4.63. The van der Waals surface area contributed by atoms with Gasteiger partial charge < -0.3 is 10.0 Å². The molecule has 3 aromatic rings. The van der Waals surface area contributed by atoms with Crippen molar-refractivity contribution in [2.75, 3.05) is 4.90 Å². The number of hydrogen-bond donors (Lipinski definition) is 1. The number of rotatable bonds is 5. The summed E-state index contributed by atoms with van der Waals surface area (Å²) in [4.78, 5) is 27.2. The molecule has 1 N–H and O–H groups in total. The first-order valence-electron chi connectivity index (χ1n) is 9.17. The molecule has 0 radical (unpaired) electrons. The van der Waals surface area contributed by atoms with Crippen LogP contribution in [0.25, 0.3) is 0 Å². The number of carbonyl (C=O) groups is 2. The Labute approximate surface area is 176 Å². The number of hydrogen-bond acceptors (Lipinski definition) is 3. The lowest BCUT2D eigenvalue weighted by Gasteiger charge is -2.23. The normalized spacial score (nSPS) is 17.9. The zero-order valence-electron chi connectivity index (χ0n) is 15.6. The van der Waals surface area contributed by atoms with Gasteiger partial charge in [0, 0.05) is 21.7 Å². The molecule has 1 aliphatic rings. The molecule has 0 bridgehead atoms. The number of amides is 1. The van der Waals surface area contributed by atoms with E-state index in [0.29, 0.717) is 5.69 Å². The molecule has 0 spiro atoms. The van der Waals surface area contributed by atoms with Crippen molar-refractivity contribution in [2.45, 2.75) is 18.6 Å². The summed E-state index contributed by atoms with van der Waals surface area (Å²) in [7, 11) is 0. The summed E-state index contributed by atoms with van der Waals surface area (Å²) in [5.74, 6) is -2.35. The number of carbonyl (C=O) groups excluding carboxylic acids is 2. The maximum atomic E-state index is 14.3. The lowest BCUT2D eigenvalue weighted by molar-refractivity contribution is -0.136. The monoisotopic (exact) mass is 427 g/mol. The van der Waals surface area contributed by atoms with Crippen molar-refractivity contribution in [2.24, 2.45) is 0 Å². The van der Waals surface area contributed by atoms with Gasteiger partial charge >= 0.3 is 0 Å². The Kier molecular flexibility index (Phi) is 5.13. The minimum atomic E-state index is -2.13. The molecule has 152 valence electrons. The van der Waals surface area contributed by atoms with Gasteiger partial charge in [-0.1, -0.05) is 35.9 Å². The Hall–Kier alpha value is -3.09. The SMILES string of the molecule is O=C(CC1(O)C(=O)N(Cc2c(F)cccc2Cl)c2ccccc21)c1ccc(F)cc1. The van der Waals surface area contributed by atoms with Crippen LogP contribution in [0.5, 0.6) is 0 Å². The van der Waals surface area contributed by atoms with Crippen LogP contribution in [0.4, 0.5) is 14.5 Å². The fourth-order valence-electron chi connectivity index (χ4n) is 3.65. The van der Waals surface area contributed by atoms with Crippen LogP contribution in [0.3, 0.4) is 0 Å². The van der Waals surface area contributed by atoms with Crippen molar-refractivity contribution in [1.82, 2.24) is 0 Å². The van der Waals surface area contributed by atoms with Gasteiger partial charge in [0.15, 0.2) is 11.4 Å². The van der Waals surface area contributed by atoms with E-state index in [0.717, 1.165) is 12.1 Å². The summed E-state index contributed by atoms with van der Waals surface area (Å²) in [6, 6.07) is 15.5. The van der Waals surface area contributed by atoms with Gasteiger partial charge in [-0.2, -0.15) is 0 Å². The molecule has 7 heteroatoms. The molecule has 0 saturated heterocycles. The highest BCUT2D eigenvalue weighted by atomic mass is 35.5. The molecule has 0 aromatic heterocycles. The number of halogens is 3. The van der Waals surface area contributed by atoms with Crippen LogP contribution in [-0.2, 0) is 16.9 Å². The Bertz CT molecular complexity index is 1130. The first-order chi connectivity index (χ1) is 14.3. The minimum absolute atomic E-state index is 0.108. The second-order valence-electron chi connectivity index (χ2n) is 7.08. The molecular weight excluding hydrogens is 412 g/mol. The lowest BCUT2D eigenvalue weighted by atomic mass is 9.88. The van der Waals surface area contributed by atoms with Gasteiger partial charge in [-0.3, -0.25) is 9.59 Å². The van der Waals surface area contributed by atoms with Crippen LogP contribution in [0.15, 0.2) is 66.7 Å². The van der Waals surface area contributed by atoms with E-state index < -0.39 is 35.3 Å². The summed E-state index contributed by atoms with van der Waals surface area (Å²) >= 11 is 6.11. The molecule has 0 fully saturated rings. The third-order valence-electron chi connectivity index (χ3n) is 5.20. The smallest absolute Gasteiger partial charge is 0.264 e. The van der Waals surface area contributed by atoms with Crippen molar-refractivity contribution >= 4 is 29.0 Å². The van der Waals surface area contributed by atoms with E-state index in [-0.39, 0.29) is 28.3 Å². The van der Waals surface area contributed by atoms with Crippen LogP contribution in [0.2, 0.25) is 5.02 Å². The zero-order chi connectivity index (χ0) is 21.5. The number of anilines is 1. The second-order valence-corrected chi connectivity index (χ2v) is 7.48. The van der Waals surface area contributed by atoms with Gasteiger partial charge in [0.05, 0.1) is 18.7 Å². The third-order valence-corrected chi connectivity index (χ3v) is 5.55. The predicted molar refractivity (Wildman–Crippen MR) is 108 cm³/mol. The third kappa shape index (κ3) is 3.38. The minimum Gasteiger partial charge on any atom is -0.375 e. The average molecular weight is 428 g/mol. The van der Waals surface area contributed by atoms with Gasteiger partial charge in [-0.15, -0.1) is 0 Å². The lowest BCUT2D eigenvalue weighted by Crippen LogP contribution is -2.41. The molecule has 30 heavy (non-hydrogen) atoms. The number of fused-ring (bicyclic) bond motifs is 1. The highest BCUT2D eigenvalue weighted by Gasteiger charge is 2.51. The summed E-state index contributed by atoms with van der Waals surface area (Å²) in [5.41, 5.74) is -1.23.